The van der Waals surface area contributed by atoms with Gasteiger partial charge in [-0.25, -0.2) is 0 Å². The molecule has 0 aromatic rings. The summed E-state index contributed by atoms with van der Waals surface area (Å²) in [5, 5.41) is 198. The summed E-state index contributed by atoms with van der Waals surface area (Å²) < 4.78 is 48.4. The molecular formula is C54H97NO29. The van der Waals surface area contributed by atoms with E-state index in [4.69, 9.17) is 37.9 Å². The summed E-state index contributed by atoms with van der Waals surface area (Å²) in [6.45, 7) is 10.2. The van der Waals surface area contributed by atoms with Crippen LogP contribution < -0.4 is 5.32 Å². The van der Waals surface area contributed by atoms with E-state index >= 15 is 0 Å². The van der Waals surface area contributed by atoms with Crippen LogP contribution in [0.25, 0.3) is 0 Å². The molecule has 19 N–H and O–H groups in total. The zero-order chi connectivity index (χ0) is 63.3. The Kier molecular flexibility index (Phi) is 30.1. The van der Waals surface area contributed by atoms with Crippen LogP contribution in [0, 0.1) is 17.8 Å². The molecule has 0 aliphatic carbocycles. The van der Waals surface area contributed by atoms with Gasteiger partial charge in [-0.15, -0.1) is 0 Å². The second-order valence-corrected chi connectivity index (χ2v) is 23.6. The Morgan fingerprint density at radius 1 is 0.548 bits per heavy atom. The van der Waals surface area contributed by atoms with Gasteiger partial charge >= 0.3 is 0 Å². The number of rotatable bonds is 33. The second kappa shape index (κ2) is 34.1. The third kappa shape index (κ3) is 20.4. The first-order valence-electron chi connectivity index (χ1n) is 28.9. The Morgan fingerprint density at radius 3 is 1.69 bits per heavy atom. The Hall–Kier alpha value is -2.23. The van der Waals surface area contributed by atoms with Gasteiger partial charge in [0.1, 0.15) is 85.6 Å². The van der Waals surface area contributed by atoms with Crippen molar-refractivity contribution >= 4 is 18.0 Å². The van der Waals surface area contributed by atoms with Crippen molar-refractivity contribution in [2.45, 2.75) is 297 Å². The van der Waals surface area contributed by atoms with E-state index in [9.17, 15) is 106 Å². The van der Waals surface area contributed by atoms with Gasteiger partial charge < -0.3 is 140 Å². The van der Waals surface area contributed by atoms with Crippen molar-refractivity contribution < 1.29 is 144 Å². The van der Waals surface area contributed by atoms with Gasteiger partial charge in [0.2, 0.25) is 5.91 Å². The molecule has 0 saturated carbocycles. The summed E-state index contributed by atoms with van der Waals surface area (Å²) >= 11 is 0. The van der Waals surface area contributed by atoms with E-state index in [2.05, 4.69) is 5.32 Å². The van der Waals surface area contributed by atoms with Crippen LogP contribution in [-0.2, 0) is 52.3 Å². The van der Waals surface area contributed by atoms with Crippen molar-refractivity contribution in [2.75, 3.05) is 6.61 Å². The van der Waals surface area contributed by atoms with Crippen molar-refractivity contribution in [1.29, 1.82) is 0 Å². The molecule has 4 aliphatic heterocycles. The standard InChI is InChI=1S/C54H97NO29/c1-20(9-10-28(60)13-29(61)11-12-56)36(80-54-51(84-52-48(75)46(73)42(69)25(6)78-52)50(43(70)26(7)79-54)83-39-16-31(55-27(8)59)41(68)24(5)77-39)18-35(66)44(71)34(65)15-30(62)14-32(63)21(2)33(64)17-37(22(3)40(67)23(4)58)81-53-49(76)47(74)45(72)38(19-57)82-53/h12,20-22,24-26,28-54,57,60-76H,9-11,13-19H2,1-8H3,(H,55,59)/t20-,21-,22-,24+,25+,26+,28+,29-,30+,31+,32+,33+,34-,35?,36+,37+,38+,39-,40-,41+,42+,43+,44+,45+,46-,47-,48+,49-,50-,51+,52-,53-,54-/m0/s1. The highest BCUT2D eigenvalue weighted by Crippen LogP contribution is 2.37. The maximum atomic E-state index is 12.2. The first-order valence-corrected chi connectivity index (χ1v) is 28.9. The van der Waals surface area contributed by atoms with Gasteiger partial charge in [-0.1, -0.05) is 20.8 Å². The molecule has 492 valence electrons. The van der Waals surface area contributed by atoms with Crippen LogP contribution in [0.3, 0.4) is 0 Å². The fourth-order valence-electron chi connectivity index (χ4n) is 10.9. The normalized spacial score (nSPS) is 38.3. The molecule has 0 radical (unpaired) electrons. The monoisotopic (exact) mass is 1220 g/mol. The van der Waals surface area contributed by atoms with E-state index in [0.717, 1.165) is 6.92 Å². The minimum Gasteiger partial charge on any atom is -0.394 e. The summed E-state index contributed by atoms with van der Waals surface area (Å²) in [6, 6.07) is -0.892. The van der Waals surface area contributed by atoms with Gasteiger partial charge in [-0.2, -0.15) is 0 Å². The van der Waals surface area contributed by atoms with Gasteiger partial charge in [0, 0.05) is 50.9 Å². The van der Waals surface area contributed by atoms with Gasteiger partial charge in [-0.3, -0.25) is 9.59 Å². The number of Topliss-reactive ketones (excluding diaryl/α,β-unsaturated/α-hetero) is 1. The molecule has 33 atom stereocenters. The molecule has 4 fully saturated rings. The van der Waals surface area contributed by atoms with Gasteiger partial charge in [-0.05, 0) is 59.3 Å². The summed E-state index contributed by atoms with van der Waals surface area (Å²) in [4.78, 5) is 35.3. The summed E-state index contributed by atoms with van der Waals surface area (Å²) in [5.74, 6) is -4.17. The van der Waals surface area contributed by atoms with E-state index in [1.807, 2.05) is 0 Å². The SMILES string of the molecule is CC(=O)N[C@@H]1C[C@H](O[C@H]2[C@H](O)[C@@H](C)O[C@@H](O[C@H](CC(O)[C@H](O)[C@@H](O)C[C@H](O)C[C@@H](O)[C@H](C)[C@H](O)C[C@@H](O[C@H]3O[C@H](CO)[C@@H](O)[C@H](O)[C@@H]3O)[C@H](C)[C@H](O)C(C)=O)[C@@H](C)CC[C@@H](O)C[C@@H](O)CC=O)[C@@H]2O[C@@H]2O[C@H](C)[C@@H](O)[C@H](O)[C@H]2O)O[C@H](C)[C@H]1O. The molecule has 1 unspecified atom stereocenters. The average Bonchev–Trinajstić information content (AvgIpc) is 3.59. The zero-order valence-electron chi connectivity index (χ0n) is 48.7. The molecule has 1 amide bonds. The number of carbonyl (C=O) groups is 3. The Balaban J connectivity index is 1.57. The number of hydrogen-bond acceptors (Lipinski definition) is 29. The Labute approximate surface area is 487 Å². The molecule has 84 heavy (non-hydrogen) atoms. The van der Waals surface area contributed by atoms with Gasteiger partial charge in [0.05, 0.1) is 85.9 Å². The Morgan fingerprint density at radius 2 is 1.08 bits per heavy atom. The van der Waals surface area contributed by atoms with Crippen LogP contribution in [0.1, 0.15) is 113 Å². The Bertz CT molecular complexity index is 1950. The smallest absolute Gasteiger partial charge is 0.217 e. The molecule has 4 rings (SSSR count). The molecule has 4 heterocycles. The molecule has 4 saturated heterocycles. The summed E-state index contributed by atoms with van der Waals surface area (Å²) in [7, 11) is 0. The van der Waals surface area contributed by atoms with Crippen molar-refractivity contribution in [2.24, 2.45) is 17.8 Å². The fraction of sp³-hybridized carbons (Fsp3) is 0.944. The lowest BCUT2D eigenvalue weighted by Crippen LogP contribution is -2.65. The van der Waals surface area contributed by atoms with Crippen LogP contribution >= 0.6 is 0 Å². The molecule has 0 bridgehead atoms. The number of hydrogen-bond donors (Lipinski definition) is 19. The average molecular weight is 1220 g/mol. The number of aliphatic hydroxyl groups is 18. The van der Waals surface area contributed by atoms with Crippen LogP contribution in [0.4, 0.5) is 0 Å². The first kappa shape index (κ1) is 74.2. The van der Waals surface area contributed by atoms with Gasteiger partial charge in [0.25, 0.3) is 0 Å². The van der Waals surface area contributed by atoms with Gasteiger partial charge in [0.15, 0.2) is 30.9 Å². The van der Waals surface area contributed by atoms with E-state index in [1.165, 1.54) is 41.5 Å². The highest BCUT2D eigenvalue weighted by atomic mass is 16.8. The lowest BCUT2D eigenvalue weighted by Gasteiger charge is -2.49. The highest BCUT2D eigenvalue weighted by molar-refractivity contribution is 5.80. The van der Waals surface area contributed by atoms with Crippen molar-refractivity contribution in [1.82, 2.24) is 5.32 Å². The number of amides is 1. The van der Waals surface area contributed by atoms with Crippen LogP contribution in [0.5, 0.6) is 0 Å². The topological polar surface area (TPSA) is 501 Å². The fourth-order valence-corrected chi connectivity index (χ4v) is 10.9. The lowest BCUT2D eigenvalue weighted by atomic mass is 9.85. The maximum Gasteiger partial charge on any atom is 0.217 e. The van der Waals surface area contributed by atoms with E-state index in [1.54, 1.807) is 6.92 Å². The number of ether oxygens (including phenoxy) is 8. The summed E-state index contributed by atoms with van der Waals surface area (Å²) in [6.07, 6.45) is -47.4. The largest absolute Gasteiger partial charge is 0.394 e. The molecular weight excluding hydrogens is 1130 g/mol. The molecule has 30 heteroatoms. The first-order chi connectivity index (χ1) is 39.2. The van der Waals surface area contributed by atoms with Crippen LogP contribution in [0.2, 0.25) is 0 Å². The van der Waals surface area contributed by atoms with E-state index < -0.39 is 246 Å². The minimum absolute atomic E-state index is 0.0176. The number of carbonyl (C=O) groups excluding carboxylic acids is 3. The predicted molar refractivity (Wildman–Crippen MR) is 284 cm³/mol. The van der Waals surface area contributed by atoms with Crippen LogP contribution in [-0.4, -0.2) is 300 Å². The number of aliphatic hydroxyl groups excluding tert-OH is 18. The van der Waals surface area contributed by atoms with Crippen molar-refractivity contribution in [3.63, 3.8) is 0 Å². The quantitative estimate of drug-likeness (QED) is 0.0272. The third-order valence-corrected chi connectivity index (χ3v) is 16.7. The van der Waals surface area contributed by atoms with Crippen molar-refractivity contribution in [3.8, 4) is 0 Å². The zero-order valence-corrected chi connectivity index (χ0v) is 48.7. The summed E-state index contributed by atoms with van der Waals surface area (Å²) in [5.41, 5.74) is 0. The maximum absolute atomic E-state index is 12.2. The second-order valence-electron chi connectivity index (χ2n) is 23.6. The molecule has 4 aliphatic rings. The highest BCUT2D eigenvalue weighted by Gasteiger charge is 2.54. The third-order valence-electron chi connectivity index (χ3n) is 16.7. The molecule has 0 spiro atoms. The van der Waals surface area contributed by atoms with Crippen LogP contribution in [0.15, 0.2) is 0 Å². The molecule has 30 nitrogen and oxygen atoms in total. The molecule has 0 aromatic heterocycles. The van der Waals surface area contributed by atoms with E-state index in [-0.39, 0.29) is 32.1 Å². The number of ketones is 1. The lowest BCUT2D eigenvalue weighted by molar-refractivity contribution is -0.384. The number of aldehydes is 1. The van der Waals surface area contributed by atoms with Crippen molar-refractivity contribution in [3.05, 3.63) is 0 Å². The number of nitrogens with one attached hydrogen (secondary N) is 1. The minimum atomic E-state index is -2.06. The predicted octanol–water partition coefficient (Wildman–Crippen LogP) is -6.67. The van der Waals surface area contributed by atoms with E-state index in [0.29, 0.717) is 6.29 Å². The molecule has 0 aromatic carbocycles.